The molecule has 0 unspecified atom stereocenters. The minimum atomic E-state index is 0.880. The number of rotatable bonds is 4. The Hall–Kier alpha value is -4.10. The van der Waals surface area contributed by atoms with E-state index in [0.717, 1.165) is 6.42 Å². The van der Waals surface area contributed by atoms with Crippen molar-refractivity contribution in [2.75, 3.05) is 0 Å². The van der Waals surface area contributed by atoms with E-state index >= 15 is 0 Å². The quantitative estimate of drug-likeness (QED) is 0.278. The summed E-state index contributed by atoms with van der Waals surface area (Å²) in [5, 5.41) is 1.25. The lowest BCUT2D eigenvalue weighted by molar-refractivity contribution is 1.18. The lowest BCUT2D eigenvalue weighted by Crippen LogP contribution is -1.95. The first-order chi connectivity index (χ1) is 15.9. The summed E-state index contributed by atoms with van der Waals surface area (Å²) in [4.78, 5) is 0. The summed E-state index contributed by atoms with van der Waals surface area (Å²) in [6.45, 7) is 0. The Labute approximate surface area is 188 Å². The SMILES string of the molecule is c1ccc(Cc2c(-c3ccccc3)c3ccc4ccccc4n3c2-c2ccccc2)cc1. The van der Waals surface area contributed by atoms with Crippen LogP contribution < -0.4 is 0 Å². The highest BCUT2D eigenvalue weighted by Crippen LogP contribution is 2.41. The second-order valence-electron chi connectivity index (χ2n) is 8.21. The summed E-state index contributed by atoms with van der Waals surface area (Å²) in [7, 11) is 0. The molecule has 0 N–H and O–H groups in total. The van der Waals surface area contributed by atoms with Crippen LogP contribution in [0.2, 0.25) is 0 Å². The van der Waals surface area contributed by atoms with Crippen LogP contribution in [0.15, 0.2) is 127 Å². The molecule has 32 heavy (non-hydrogen) atoms. The van der Waals surface area contributed by atoms with Crippen LogP contribution in [-0.2, 0) is 6.42 Å². The predicted molar refractivity (Wildman–Crippen MR) is 135 cm³/mol. The smallest absolute Gasteiger partial charge is 0.0576 e. The Balaban J connectivity index is 1.79. The second-order valence-corrected chi connectivity index (χ2v) is 8.21. The lowest BCUT2D eigenvalue weighted by atomic mass is 9.94. The molecule has 0 saturated carbocycles. The summed E-state index contributed by atoms with van der Waals surface area (Å²) in [6, 6.07) is 45.6. The zero-order valence-electron chi connectivity index (χ0n) is 17.8. The summed E-state index contributed by atoms with van der Waals surface area (Å²) in [5.74, 6) is 0. The average Bonchev–Trinajstić information content (AvgIpc) is 3.20. The van der Waals surface area contributed by atoms with Crippen molar-refractivity contribution in [2.24, 2.45) is 0 Å². The van der Waals surface area contributed by atoms with Gasteiger partial charge in [0.1, 0.15) is 0 Å². The minimum Gasteiger partial charge on any atom is -0.308 e. The maximum absolute atomic E-state index is 2.46. The van der Waals surface area contributed by atoms with Gasteiger partial charge in [0.05, 0.1) is 16.7 Å². The zero-order valence-corrected chi connectivity index (χ0v) is 17.8. The van der Waals surface area contributed by atoms with Gasteiger partial charge in [0.15, 0.2) is 0 Å². The number of pyridine rings is 1. The topological polar surface area (TPSA) is 4.41 Å². The van der Waals surface area contributed by atoms with Crippen LogP contribution in [-0.4, -0.2) is 4.40 Å². The third kappa shape index (κ3) is 3.11. The monoisotopic (exact) mass is 409 g/mol. The van der Waals surface area contributed by atoms with Crippen molar-refractivity contribution in [3.63, 3.8) is 0 Å². The lowest BCUT2D eigenvalue weighted by Gasteiger charge is -2.11. The molecule has 1 nitrogen and oxygen atoms in total. The van der Waals surface area contributed by atoms with Crippen LogP contribution in [0.25, 0.3) is 38.8 Å². The van der Waals surface area contributed by atoms with Crippen molar-refractivity contribution in [2.45, 2.75) is 6.42 Å². The first kappa shape index (κ1) is 18.7. The first-order valence-corrected chi connectivity index (χ1v) is 11.1. The fourth-order valence-corrected chi connectivity index (χ4v) is 4.85. The van der Waals surface area contributed by atoms with Gasteiger partial charge in [-0.3, -0.25) is 0 Å². The standard InChI is InChI=1S/C31H23N/c1-4-12-23(13-5-1)22-27-30(25-15-6-2-7-16-25)29-21-20-24-14-10-11-19-28(24)32(29)31(27)26-17-8-3-9-18-26/h1-21H,22H2. The molecule has 0 amide bonds. The van der Waals surface area contributed by atoms with E-state index in [2.05, 4.69) is 132 Å². The van der Waals surface area contributed by atoms with E-state index in [1.54, 1.807) is 0 Å². The Morgan fingerprint density at radius 3 is 1.78 bits per heavy atom. The normalized spacial score (nSPS) is 11.2. The van der Waals surface area contributed by atoms with Gasteiger partial charge in [0.25, 0.3) is 0 Å². The molecule has 0 saturated heterocycles. The van der Waals surface area contributed by atoms with Gasteiger partial charge >= 0.3 is 0 Å². The molecular formula is C31H23N. The fourth-order valence-electron chi connectivity index (χ4n) is 4.85. The molecule has 6 rings (SSSR count). The highest BCUT2D eigenvalue weighted by molar-refractivity contribution is 5.97. The molecule has 0 fully saturated rings. The average molecular weight is 410 g/mol. The number of para-hydroxylation sites is 1. The molecule has 4 aromatic carbocycles. The van der Waals surface area contributed by atoms with Crippen LogP contribution in [0.5, 0.6) is 0 Å². The third-order valence-corrected chi connectivity index (χ3v) is 6.24. The van der Waals surface area contributed by atoms with Gasteiger partial charge in [-0.05, 0) is 39.8 Å². The maximum atomic E-state index is 2.46. The molecular weight excluding hydrogens is 386 g/mol. The molecule has 0 aliphatic rings. The molecule has 1 heteroatoms. The number of hydrogen-bond acceptors (Lipinski definition) is 0. The molecule has 0 aliphatic carbocycles. The molecule has 0 spiro atoms. The van der Waals surface area contributed by atoms with E-state index in [9.17, 15) is 0 Å². The third-order valence-electron chi connectivity index (χ3n) is 6.24. The van der Waals surface area contributed by atoms with Crippen molar-refractivity contribution in [3.8, 4) is 22.4 Å². The molecule has 0 atom stereocenters. The first-order valence-electron chi connectivity index (χ1n) is 11.1. The van der Waals surface area contributed by atoms with Gasteiger partial charge in [-0.25, -0.2) is 0 Å². The molecule has 152 valence electrons. The van der Waals surface area contributed by atoms with Crippen molar-refractivity contribution in [3.05, 3.63) is 139 Å². The van der Waals surface area contributed by atoms with Crippen LogP contribution in [0.4, 0.5) is 0 Å². The van der Waals surface area contributed by atoms with Crippen LogP contribution >= 0.6 is 0 Å². The van der Waals surface area contributed by atoms with Gasteiger partial charge in [0.2, 0.25) is 0 Å². The zero-order chi connectivity index (χ0) is 21.3. The van der Waals surface area contributed by atoms with E-state index in [-0.39, 0.29) is 0 Å². The van der Waals surface area contributed by atoms with Crippen molar-refractivity contribution < 1.29 is 0 Å². The van der Waals surface area contributed by atoms with Gasteiger partial charge in [0, 0.05) is 12.0 Å². The van der Waals surface area contributed by atoms with Gasteiger partial charge in [-0.15, -0.1) is 0 Å². The predicted octanol–water partition coefficient (Wildman–Crippen LogP) is 8.02. The highest BCUT2D eigenvalue weighted by atomic mass is 14.9. The molecule has 2 heterocycles. The molecule has 2 aromatic heterocycles. The second kappa shape index (κ2) is 7.86. The minimum absolute atomic E-state index is 0.880. The Kier molecular flexibility index (Phi) is 4.58. The Bertz CT molecular complexity index is 1510. The summed E-state index contributed by atoms with van der Waals surface area (Å²) >= 11 is 0. The summed E-state index contributed by atoms with van der Waals surface area (Å²) in [6.07, 6.45) is 0.880. The van der Waals surface area contributed by atoms with E-state index in [4.69, 9.17) is 0 Å². The maximum Gasteiger partial charge on any atom is 0.0576 e. The van der Waals surface area contributed by atoms with Gasteiger partial charge in [-0.1, -0.05) is 115 Å². The van der Waals surface area contributed by atoms with E-state index < -0.39 is 0 Å². The van der Waals surface area contributed by atoms with E-state index in [1.807, 2.05) is 0 Å². The Morgan fingerprint density at radius 2 is 1.06 bits per heavy atom. The van der Waals surface area contributed by atoms with Gasteiger partial charge in [-0.2, -0.15) is 0 Å². The Morgan fingerprint density at radius 1 is 0.469 bits per heavy atom. The van der Waals surface area contributed by atoms with Crippen LogP contribution in [0.1, 0.15) is 11.1 Å². The van der Waals surface area contributed by atoms with Crippen molar-refractivity contribution >= 4 is 16.4 Å². The molecule has 0 aliphatic heterocycles. The van der Waals surface area contributed by atoms with E-state index in [0.29, 0.717) is 0 Å². The van der Waals surface area contributed by atoms with Crippen molar-refractivity contribution in [1.29, 1.82) is 0 Å². The molecule has 0 radical (unpaired) electrons. The van der Waals surface area contributed by atoms with Crippen LogP contribution in [0.3, 0.4) is 0 Å². The summed E-state index contributed by atoms with van der Waals surface area (Å²) < 4.78 is 2.46. The van der Waals surface area contributed by atoms with E-state index in [1.165, 1.54) is 49.9 Å². The number of hydrogen-bond donors (Lipinski definition) is 0. The summed E-state index contributed by atoms with van der Waals surface area (Å²) in [5.41, 5.74) is 10.3. The molecule has 0 bridgehead atoms. The largest absolute Gasteiger partial charge is 0.308 e. The number of aromatic nitrogens is 1. The van der Waals surface area contributed by atoms with Crippen LogP contribution in [0, 0.1) is 0 Å². The number of nitrogens with zero attached hydrogens (tertiary/aromatic N) is 1. The molecule has 6 aromatic rings. The highest BCUT2D eigenvalue weighted by Gasteiger charge is 2.22. The van der Waals surface area contributed by atoms with Crippen molar-refractivity contribution in [1.82, 2.24) is 4.40 Å². The number of benzene rings is 4. The van der Waals surface area contributed by atoms with Gasteiger partial charge < -0.3 is 4.40 Å². The number of fused-ring (bicyclic) bond motifs is 3. The fraction of sp³-hybridized carbons (Fsp3) is 0.0323.